The molecule has 1 aromatic carbocycles. The van der Waals surface area contributed by atoms with E-state index in [0.29, 0.717) is 11.1 Å². The standard InChI is InChI=1S/C16H14O4/c17-13-9-5-1-2-6-10(9)14(18)16-15(13)19-11-7-3-4-8-12(11)20-16/h1-2,5-6,11-12H,3-4,7-8H2. The summed E-state index contributed by atoms with van der Waals surface area (Å²) in [4.78, 5) is 24.9. The molecule has 1 aliphatic heterocycles. The molecule has 0 radical (unpaired) electrons. The summed E-state index contributed by atoms with van der Waals surface area (Å²) in [6.45, 7) is 0. The Kier molecular flexibility index (Phi) is 2.46. The van der Waals surface area contributed by atoms with Crippen LogP contribution in [0, 0.1) is 0 Å². The Morgan fingerprint density at radius 2 is 1.25 bits per heavy atom. The topological polar surface area (TPSA) is 52.6 Å². The average molecular weight is 270 g/mol. The molecule has 4 heteroatoms. The summed E-state index contributed by atoms with van der Waals surface area (Å²) in [7, 11) is 0. The molecule has 4 rings (SSSR count). The molecule has 102 valence electrons. The first-order valence-corrected chi connectivity index (χ1v) is 7.02. The Bertz CT molecular complexity index is 589. The quantitative estimate of drug-likeness (QED) is 0.727. The molecule has 1 aromatic rings. The third-order valence-corrected chi connectivity index (χ3v) is 4.22. The minimum atomic E-state index is -0.237. The highest BCUT2D eigenvalue weighted by atomic mass is 16.6. The molecule has 4 nitrogen and oxygen atoms in total. The summed E-state index contributed by atoms with van der Waals surface area (Å²) < 4.78 is 11.6. The Morgan fingerprint density at radius 3 is 1.70 bits per heavy atom. The second-order valence-electron chi connectivity index (χ2n) is 5.46. The van der Waals surface area contributed by atoms with Crippen LogP contribution in [-0.4, -0.2) is 23.8 Å². The number of carbonyl (C=O) groups is 2. The smallest absolute Gasteiger partial charge is 0.232 e. The van der Waals surface area contributed by atoms with Crippen LogP contribution in [0.3, 0.4) is 0 Å². The largest absolute Gasteiger partial charge is 0.479 e. The lowest BCUT2D eigenvalue weighted by atomic mass is 9.89. The molecule has 0 spiro atoms. The van der Waals surface area contributed by atoms with Gasteiger partial charge in [-0.25, -0.2) is 0 Å². The van der Waals surface area contributed by atoms with Crippen molar-refractivity contribution < 1.29 is 19.1 Å². The normalized spacial score (nSPS) is 28.0. The van der Waals surface area contributed by atoms with Crippen LogP contribution in [0.25, 0.3) is 0 Å². The number of Topliss-reactive ketones (excluding diaryl/α,β-unsaturated/α-hetero) is 2. The van der Waals surface area contributed by atoms with Crippen LogP contribution in [0.5, 0.6) is 0 Å². The van der Waals surface area contributed by atoms with Gasteiger partial charge in [0.25, 0.3) is 0 Å². The number of ketones is 2. The van der Waals surface area contributed by atoms with Gasteiger partial charge >= 0.3 is 0 Å². The highest BCUT2D eigenvalue weighted by Crippen LogP contribution is 2.37. The van der Waals surface area contributed by atoms with Crippen molar-refractivity contribution in [3.63, 3.8) is 0 Å². The predicted octanol–water partition coefficient (Wildman–Crippen LogP) is 2.64. The van der Waals surface area contributed by atoms with Gasteiger partial charge in [-0.1, -0.05) is 24.3 Å². The molecular formula is C16H14O4. The molecule has 20 heavy (non-hydrogen) atoms. The number of benzene rings is 1. The van der Waals surface area contributed by atoms with E-state index < -0.39 is 0 Å². The fourth-order valence-electron chi connectivity index (χ4n) is 3.18. The van der Waals surface area contributed by atoms with Crippen LogP contribution in [0.2, 0.25) is 0 Å². The zero-order valence-corrected chi connectivity index (χ0v) is 10.9. The lowest BCUT2D eigenvalue weighted by molar-refractivity contribution is -0.0772. The van der Waals surface area contributed by atoms with Gasteiger partial charge in [-0.2, -0.15) is 0 Å². The molecule has 0 amide bonds. The molecule has 0 bridgehead atoms. The molecule has 0 N–H and O–H groups in total. The first-order valence-electron chi connectivity index (χ1n) is 7.02. The first kappa shape index (κ1) is 11.7. The van der Waals surface area contributed by atoms with Gasteiger partial charge in [0.15, 0.2) is 0 Å². The van der Waals surface area contributed by atoms with Gasteiger partial charge in [-0.3, -0.25) is 9.59 Å². The molecule has 1 saturated carbocycles. The highest BCUT2D eigenvalue weighted by molar-refractivity contribution is 6.25. The van der Waals surface area contributed by atoms with Crippen LogP contribution < -0.4 is 0 Å². The van der Waals surface area contributed by atoms with Gasteiger partial charge in [-0.05, 0) is 25.7 Å². The van der Waals surface area contributed by atoms with Crippen molar-refractivity contribution in [2.45, 2.75) is 37.9 Å². The Hall–Kier alpha value is -2.10. The molecule has 1 heterocycles. The summed E-state index contributed by atoms with van der Waals surface area (Å²) in [5.74, 6) is -0.257. The summed E-state index contributed by atoms with van der Waals surface area (Å²) in [6, 6.07) is 6.83. The maximum absolute atomic E-state index is 12.5. The summed E-state index contributed by atoms with van der Waals surface area (Å²) in [5.41, 5.74) is 0.822. The van der Waals surface area contributed by atoms with E-state index in [0.717, 1.165) is 25.7 Å². The average Bonchev–Trinajstić information content (AvgIpc) is 2.51. The van der Waals surface area contributed by atoms with E-state index >= 15 is 0 Å². The van der Waals surface area contributed by atoms with Gasteiger partial charge in [-0.15, -0.1) is 0 Å². The second kappa shape index (κ2) is 4.20. The third kappa shape index (κ3) is 1.54. The van der Waals surface area contributed by atoms with Crippen molar-refractivity contribution in [1.29, 1.82) is 0 Å². The van der Waals surface area contributed by atoms with Gasteiger partial charge in [0.05, 0.1) is 0 Å². The maximum atomic E-state index is 12.5. The Labute approximate surface area is 116 Å². The van der Waals surface area contributed by atoms with Crippen molar-refractivity contribution in [3.05, 3.63) is 46.9 Å². The van der Waals surface area contributed by atoms with Crippen molar-refractivity contribution in [2.24, 2.45) is 0 Å². The third-order valence-electron chi connectivity index (χ3n) is 4.22. The van der Waals surface area contributed by atoms with E-state index in [1.54, 1.807) is 24.3 Å². The fraction of sp³-hybridized carbons (Fsp3) is 0.375. The molecule has 0 aromatic heterocycles. The maximum Gasteiger partial charge on any atom is 0.232 e. The SMILES string of the molecule is O=C1C2=C(OC3CCCCC3O2)C(=O)c2ccccc21. The van der Waals surface area contributed by atoms with E-state index in [-0.39, 0.29) is 35.3 Å². The van der Waals surface area contributed by atoms with Crippen LogP contribution in [0.4, 0.5) is 0 Å². The fourth-order valence-corrected chi connectivity index (χ4v) is 3.18. The van der Waals surface area contributed by atoms with Crippen molar-refractivity contribution in [1.82, 2.24) is 0 Å². The van der Waals surface area contributed by atoms with E-state index in [1.807, 2.05) is 0 Å². The van der Waals surface area contributed by atoms with Gasteiger partial charge in [0.1, 0.15) is 12.2 Å². The number of fused-ring (bicyclic) bond motifs is 2. The number of rotatable bonds is 0. The zero-order valence-electron chi connectivity index (χ0n) is 10.9. The van der Waals surface area contributed by atoms with Crippen LogP contribution in [0.15, 0.2) is 35.8 Å². The zero-order chi connectivity index (χ0) is 13.7. The number of allylic oxidation sites excluding steroid dienone is 2. The lowest BCUT2D eigenvalue weighted by Crippen LogP contribution is -2.42. The number of hydrogen-bond donors (Lipinski definition) is 0. The Balaban J connectivity index is 1.80. The molecule has 2 atom stereocenters. The molecule has 1 fully saturated rings. The second-order valence-corrected chi connectivity index (χ2v) is 5.46. The number of ether oxygens (including phenoxy) is 2. The number of hydrogen-bond acceptors (Lipinski definition) is 4. The minimum Gasteiger partial charge on any atom is -0.479 e. The van der Waals surface area contributed by atoms with Crippen molar-refractivity contribution in [2.75, 3.05) is 0 Å². The molecule has 3 aliphatic rings. The highest BCUT2D eigenvalue weighted by Gasteiger charge is 2.43. The lowest BCUT2D eigenvalue weighted by Gasteiger charge is -2.38. The van der Waals surface area contributed by atoms with Gasteiger partial charge < -0.3 is 9.47 Å². The monoisotopic (exact) mass is 270 g/mol. The van der Waals surface area contributed by atoms with Gasteiger partial charge in [0.2, 0.25) is 23.1 Å². The predicted molar refractivity (Wildman–Crippen MR) is 70.3 cm³/mol. The van der Waals surface area contributed by atoms with Crippen LogP contribution >= 0.6 is 0 Å². The minimum absolute atomic E-state index is 0.0930. The molecular weight excluding hydrogens is 256 g/mol. The molecule has 2 unspecified atom stereocenters. The van der Waals surface area contributed by atoms with Gasteiger partial charge in [0, 0.05) is 11.1 Å². The first-order chi connectivity index (χ1) is 9.75. The summed E-state index contributed by atoms with van der Waals surface area (Å²) in [6.07, 6.45) is 3.72. The van der Waals surface area contributed by atoms with Crippen molar-refractivity contribution >= 4 is 11.6 Å². The molecule has 2 aliphatic carbocycles. The van der Waals surface area contributed by atoms with E-state index in [1.165, 1.54) is 0 Å². The summed E-state index contributed by atoms with van der Waals surface area (Å²) in [5, 5.41) is 0. The van der Waals surface area contributed by atoms with Crippen LogP contribution in [-0.2, 0) is 9.47 Å². The molecule has 0 saturated heterocycles. The summed E-state index contributed by atoms with van der Waals surface area (Å²) >= 11 is 0. The van der Waals surface area contributed by atoms with E-state index in [4.69, 9.17) is 9.47 Å². The van der Waals surface area contributed by atoms with E-state index in [2.05, 4.69) is 0 Å². The van der Waals surface area contributed by atoms with Crippen molar-refractivity contribution in [3.8, 4) is 0 Å². The van der Waals surface area contributed by atoms with E-state index in [9.17, 15) is 9.59 Å². The Morgan fingerprint density at radius 1 is 0.800 bits per heavy atom. The van der Waals surface area contributed by atoms with Crippen LogP contribution in [0.1, 0.15) is 46.4 Å². The number of carbonyl (C=O) groups excluding carboxylic acids is 2.